The number of aromatic hydroxyl groups is 1. The molecule has 0 saturated heterocycles. The molecule has 0 unspecified atom stereocenters. The fraction of sp³-hybridized carbons (Fsp3) is 0.0769. The smallest absolute Gasteiger partial charge is 0.253 e. The molecule has 1 aromatic carbocycles. The Morgan fingerprint density at radius 2 is 2.22 bits per heavy atom. The maximum atomic E-state index is 13.4. The summed E-state index contributed by atoms with van der Waals surface area (Å²) >= 11 is 0. The number of carbonyl (C=O) groups excluding carboxylic acids is 1. The van der Waals surface area contributed by atoms with Crippen LogP contribution < -0.4 is 5.32 Å². The maximum Gasteiger partial charge on any atom is 0.253 e. The van der Waals surface area contributed by atoms with E-state index in [1.165, 1.54) is 18.3 Å². The minimum absolute atomic E-state index is 0.0554. The second-order valence-electron chi connectivity index (χ2n) is 3.70. The summed E-state index contributed by atoms with van der Waals surface area (Å²) in [6.45, 7) is 0.0554. The summed E-state index contributed by atoms with van der Waals surface area (Å²) in [5.41, 5.74) is 0.724. The zero-order valence-electron chi connectivity index (χ0n) is 9.43. The number of benzene rings is 1. The van der Waals surface area contributed by atoms with Gasteiger partial charge in [-0.25, -0.2) is 4.39 Å². The van der Waals surface area contributed by atoms with Gasteiger partial charge in [0.05, 0.1) is 5.56 Å². The number of nitrogens with zero attached hydrogens (tertiary/aromatic N) is 1. The molecule has 0 bridgehead atoms. The summed E-state index contributed by atoms with van der Waals surface area (Å²) in [7, 11) is 0. The van der Waals surface area contributed by atoms with E-state index in [0.29, 0.717) is 11.1 Å². The molecule has 0 aliphatic rings. The van der Waals surface area contributed by atoms with Crippen LogP contribution in [0, 0.1) is 5.82 Å². The van der Waals surface area contributed by atoms with Crippen LogP contribution in [0.2, 0.25) is 0 Å². The van der Waals surface area contributed by atoms with Gasteiger partial charge in [-0.05, 0) is 18.2 Å². The predicted octanol–water partition coefficient (Wildman–Crippen LogP) is 1.86. The molecular weight excluding hydrogens is 235 g/mol. The molecule has 1 amide bonds. The van der Waals surface area contributed by atoms with E-state index in [4.69, 9.17) is 5.11 Å². The number of hydrogen-bond acceptors (Lipinski definition) is 3. The topological polar surface area (TPSA) is 62.2 Å². The van der Waals surface area contributed by atoms with E-state index in [1.807, 2.05) is 0 Å². The summed E-state index contributed by atoms with van der Waals surface area (Å²) in [6, 6.07) is 7.07. The zero-order chi connectivity index (χ0) is 13.0. The predicted molar refractivity (Wildman–Crippen MR) is 63.5 cm³/mol. The number of halogens is 1. The monoisotopic (exact) mass is 246 g/mol. The number of nitrogens with one attached hydrogen (secondary N) is 1. The molecule has 0 fully saturated rings. The fourth-order valence-corrected chi connectivity index (χ4v) is 1.45. The van der Waals surface area contributed by atoms with E-state index in [-0.39, 0.29) is 18.2 Å². The van der Waals surface area contributed by atoms with Crippen molar-refractivity contribution in [2.45, 2.75) is 6.54 Å². The maximum absolute atomic E-state index is 13.4. The number of aromatic nitrogens is 1. The minimum Gasteiger partial charge on any atom is -0.508 e. The third-order valence-corrected chi connectivity index (χ3v) is 2.40. The number of pyridine rings is 1. The van der Waals surface area contributed by atoms with Gasteiger partial charge in [0.1, 0.15) is 11.6 Å². The Balaban J connectivity index is 2.02. The van der Waals surface area contributed by atoms with Crippen LogP contribution in [0.15, 0.2) is 42.7 Å². The molecule has 0 radical (unpaired) electrons. The van der Waals surface area contributed by atoms with Crippen molar-refractivity contribution in [3.8, 4) is 5.75 Å². The first-order valence-corrected chi connectivity index (χ1v) is 5.32. The highest BCUT2D eigenvalue weighted by atomic mass is 19.1. The third kappa shape index (κ3) is 2.82. The van der Waals surface area contributed by atoms with E-state index in [2.05, 4.69) is 10.3 Å². The number of phenolic OH excluding ortho intramolecular Hbond substituents is 1. The third-order valence-electron chi connectivity index (χ3n) is 2.40. The molecule has 1 aromatic heterocycles. The van der Waals surface area contributed by atoms with E-state index >= 15 is 0 Å². The van der Waals surface area contributed by atoms with Crippen LogP contribution in [0.1, 0.15) is 15.9 Å². The van der Waals surface area contributed by atoms with E-state index in [0.717, 1.165) is 6.07 Å². The van der Waals surface area contributed by atoms with Crippen molar-refractivity contribution in [3.05, 3.63) is 59.7 Å². The molecule has 2 rings (SSSR count). The van der Waals surface area contributed by atoms with Gasteiger partial charge in [-0.2, -0.15) is 0 Å². The van der Waals surface area contributed by atoms with Crippen molar-refractivity contribution in [3.63, 3.8) is 0 Å². The van der Waals surface area contributed by atoms with E-state index < -0.39 is 5.82 Å². The quantitative estimate of drug-likeness (QED) is 0.868. The van der Waals surface area contributed by atoms with E-state index in [1.54, 1.807) is 18.3 Å². The van der Waals surface area contributed by atoms with E-state index in [9.17, 15) is 9.18 Å². The first kappa shape index (κ1) is 12.0. The van der Waals surface area contributed by atoms with Gasteiger partial charge in [0.2, 0.25) is 0 Å². The molecule has 0 atom stereocenters. The molecular formula is C13H11FN2O2. The molecule has 2 aromatic rings. The number of amides is 1. The lowest BCUT2D eigenvalue weighted by atomic mass is 10.2. The average molecular weight is 246 g/mol. The van der Waals surface area contributed by atoms with Gasteiger partial charge in [-0.3, -0.25) is 9.78 Å². The van der Waals surface area contributed by atoms with Crippen LogP contribution in [-0.4, -0.2) is 16.0 Å². The fourth-order valence-electron chi connectivity index (χ4n) is 1.45. The highest BCUT2D eigenvalue weighted by molar-refractivity contribution is 5.93. The lowest BCUT2D eigenvalue weighted by Crippen LogP contribution is -2.23. The molecule has 0 saturated carbocycles. The number of phenols is 1. The van der Waals surface area contributed by atoms with Gasteiger partial charge in [-0.15, -0.1) is 0 Å². The molecule has 18 heavy (non-hydrogen) atoms. The SMILES string of the molecule is O=C(NCc1ccc(O)cc1F)c1cccnc1. The van der Waals surface area contributed by atoms with Crippen LogP contribution in [0.3, 0.4) is 0 Å². The van der Waals surface area contributed by atoms with Crippen molar-refractivity contribution >= 4 is 5.91 Å². The summed E-state index contributed by atoms with van der Waals surface area (Å²) in [4.78, 5) is 15.5. The second kappa shape index (κ2) is 5.27. The molecule has 5 heteroatoms. The largest absolute Gasteiger partial charge is 0.508 e. The van der Waals surface area contributed by atoms with Gasteiger partial charge < -0.3 is 10.4 Å². The molecule has 92 valence electrons. The second-order valence-corrected chi connectivity index (χ2v) is 3.70. The summed E-state index contributed by atoms with van der Waals surface area (Å²) in [5.74, 6) is -1.02. The molecule has 2 N–H and O–H groups in total. The van der Waals surface area contributed by atoms with Crippen LogP contribution in [0.4, 0.5) is 4.39 Å². The Morgan fingerprint density at radius 3 is 2.89 bits per heavy atom. The van der Waals surface area contributed by atoms with Crippen molar-refractivity contribution in [2.75, 3.05) is 0 Å². The molecule has 0 spiro atoms. The van der Waals surface area contributed by atoms with Crippen molar-refractivity contribution in [1.82, 2.24) is 10.3 Å². The number of hydrogen-bond donors (Lipinski definition) is 2. The number of rotatable bonds is 3. The van der Waals surface area contributed by atoms with Crippen LogP contribution in [0.25, 0.3) is 0 Å². The van der Waals surface area contributed by atoms with Crippen molar-refractivity contribution in [2.24, 2.45) is 0 Å². The summed E-state index contributed by atoms with van der Waals surface area (Å²) in [6.07, 6.45) is 3.00. The first-order chi connectivity index (χ1) is 8.66. The van der Waals surface area contributed by atoms with Gasteiger partial charge in [-0.1, -0.05) is 6.07 Å². The lowest BCUT2D eigenvalue weighted by Gasteiger charge is -2.06. The molecule has 1 heterocycles. The van der Waals surface area contributed by atoms with Crippen molar-refractivity contribution in [1.29, 1.82) is 0 Å². The van der Waals surface area contributed by atoms with Gasteiger partial charge >= 0.3 is 0 Å². The highest BCUT2D eigenvalue weighted by Gasteiger charge is 2.07. The standard InChI is InChI=1S/C13H11FN2O2/c14-12-6-11(17)4-3-9(12)8-16-13(18)10-2-1-5-15-7-10/h1-7,17H,8H2,(H,16,18). The summed E-state index contributed by atoms with van der Waals surface area (Å²) in [5, 5.41) is 11.6. The van der Waals surface area contributed by atoms with Crippen molar-refractivity contribution < 1.29 is 14.3 Å². The Labute approximate surface area is 103 Å². The lowest BCUT2D eigenvalue weighted by molar-refractivity contribution is 0.0950. The highest BCUT2D eigenvalue weighted by Crippen LogP contribution is 2.14. The normalized spacial score (nSPS) is 10.1. The zero-order valence-corrected chi connectivity index (χ0v) is 9.43. The van der Waals surface area contributed by atoms with Gasteiger partial charge in [0, 0.05) is 30.6 Å². The average Bonchev–Trinajstić information content (AvgIpc) is 2.38. The van der Waals surface area contributed by atoms with Crippen LogP contribution >= 0.6 is 0 Å². The first-order valence-electron chi connectivity index (χ1n) is 5.32. The number of carbonyl (C=O) groups is 1. The Hall–Kier alpha value is -2.43. The van der Waals surface area contributed by atoms with Crippen LogP contribution in [-0.2, 0) is 6.54 Å². The molecule has 4 nitrogen and oxygen atoms in total. The van der Waals surface area contributed by atoms with Crippen LogP contribution in [0.5, 0.6) is 5.75 Å². The summed E-state index contributed by atoms with van der Waals surface area (Å²) < 4.78 is 13.4. The van der Waals surface area contributed by atoms with Gasteiger partial charge in [0.25, 0.3) is 5.91 Å². The molecule has 0 aliphatic carbocycles. The Bertz CT molecular complexity index is 558. The molecule has 0 aliphatic heterocycles. The minimum atomic E-state index is -0.554. The Morgan fingerprint density at radius 1 is 1.39 bits per heavy atom. The van der Waals surface area contributed by atoms with Gasteiger partial charge in [0.15, 0.2) is 0 Å². The Kier molecular flexibility index (Phi) is 3.52.